The van der Waals surface area contributed by atoms with Crippen molar-refractivity contribution < 1.29 is 14.3 Å². The lowest BCUT2D eigenvalue weighted by Crippen LogP contribution is -2.67. The number of ether oxygens (including phenoxy) is 2. The van der Waals surface area contributed by atoms with Crippen molar-refractivity contribution in [3.63, 3.8) is 0 Å². The van der Waals surface area contributed by atoms with E-state index in [0.29, 0.717) is 23.2 Å². The standard InChI is InChI=1S/C16H25N5O3/c1-3-6-17-14-7-10(2)18-15(20-14)21-16(22)19-11-4-5-12-13(8-11)24-9-23-12/h4-5,8,10,14-15,17-18,20H,3,6-7,9H2,1-2H3,(H2,19,21,22). The molecule has 0 spiro atoms. The van der Waals surface area contributed by atoms with Gasteiger partial charge in [-0.2, -0.15) is 0 Å². The number of anilines is 1. The van der Waals surface area contributed by atoms with Gasteiger partial charge in [0, 0.05) is 17.8 Å². The summed E-state index contributed by atoms with van der Waals surface area (Å²) in [5, 5.41) is 15.8. The highest BCUT2D eigenvalue weighted by Crippen LogP contribution is 2.34. The Kier molecular flexibility index (Phi) is 5.39. The van der Waals surface area contributed by atoms with Crippen molar-refractivity contribution >= 4 is 11.7 Å². The molecular weight excluding hydrogens is 310 g/mol. The van der Waals surface area contributed by atoms with E-state index in [-0.39, 0.29) is 25.3 Å². The first-order valence-electron chi connectivity index (χ1n) is 8.36. The van der Waals surface area contributed by atoms with Gasteiger partial charge >= 0.3 is 6.03 Å². The summed E-state index contributed by atoms with van der Waals surface area (Å²) in [5.74, 6) is 1.33. The molecule has 0 aliphatic carbocycles. The zero-order valence-corrected chi connectivity index (χ0v) is 14.0. The van der Waals surface area contributed by atoms with Crippen molar-refractivity contribution in [2.24, 2.45) is 0 Å². The van der Waals surface area contributed by atoms with Crippen LogP contribution in [-0.4, -0.2) is 37.9 Å². The minimum Gasteiger partial charge on any atom is -0.454 e. The molecule has 0 aromatic heterocycles. The van der Waals surface area contributed by atoms with Crippen LogP contribution in [0, 0.1) is 0 Å². The Morgan fingerprint density at radius 3 is 2.96 bits per heavy atom. The quantitative estimate of drug-likeness (QED) is 0.553. The van der Waals surface area contributed by atoms with E-state index in [4.69, 9.17) is 9.47 Å². The Morgan fingerprint density at radius 1 is 1.29 bits per heavy atom. The Bertz CT molecular complexity index is 583. The van der Waals surface area contributed by atoms with Crippen LogP contribution >= 0.6 is 0 Å². The van der Waals surface area contributed by atoms with Gasteiger partial charge in [-0.25, -0.2) is 4.79 Å². The third kappa shape index (κ3) is 4.28. The summed E-state index contributed by atoms with van der Waals surface area (Å²) in [4.78, 5) is 12.2. The fourth-order valence-corrected chi connectivity index (χ4v) is 2.84. The number of amides is 2. The summed E-state index contributed by atoms with van der Waals surface area (Å²) in [6, 6.07) is 5.32. The Labute approximate surface area is 141 Å². The van der Waals surface area contributed by atoms with Gasteiger partial charge in [-0.3, -0.25) is 10.6 Å². The van der Waals surface area contributed by atoms with E-state index in [9.17, 15) is 4.79 Å². The average Bonchev–Trinajstić information content (AvgIpc) is 3.00. The van der Waals surface area contributed by atoms with E-state index in [1.807, 2.05) is 0 Å². The number of benzene rings is 1. The predicted octanol–water partition coefficient (Wildman–Crippen LogP) is 1.12. The number of carbonyl (C=O) groups is 1. The SMILES string of the molecule is CCCNC1CC(C)NC(NC(=O)Nc2ccc3c(c2)OCO3)N1. The Morgan fingerprint density at radius 2 is 2.12 bits per heavy atom. The summed E-state index contributed by atoms with van der Waals surface area (Å²) in [6.07, 6.45) is 1.92. The van der Waals surface area contributed by atoms with E-state index in [1.54, 1.807) is 18.2 Å². The average molecular weight is 335 g/mol. The van der Waals surface area contributed by atoms with E-state index in [2.05, 4.69) is 40.4 Å². The molecule has 5 N–H and O–H groups in total. The molecule has 2 aliphatic heterocycles. The van der Waals surface area contributed by atoms with Gasteiger partial charge in [0.25, 0.3) is 0 Å². The molecule has 2 aliphatic rings. The van der Waals surface area contributed by atoms with Gasteiger partial charge in [-0.1, -0.05) is 6.92 Å². The molecule has 2 amide bonds. The first-order valence-corrected chi connectivity index (χ1v) is 8.36. The van der Waals surface area contributed by atoms with Gasteiger partial charge in [0.2, 0.25) is 6.79 Å². The lowest BCUT2D eigenvalue weighted by Gasteiger charge is -2.36. The molecule has 3 atom stereocenters. The number of hydrogen-bond acceptors (Lipinski definition) is 6. The smallest absolute Gasteiger partial charge is 0.321 e. The van der Waals surface area contributed by atoms with Gasteiger partial charge in [-0.15, -0.1) is 0 Å². The maximum absolute atomic E-state index is 12.2. The third-order valence-corrected chi connectivity index (χ3v) is 3.95. The molecule has 24 heavy (non-hydrogen) atoms. The number of rotatable bonds is 5. The van der Waals surface area contributed by atoms with Gasteiger partial charge in [0.15, 0.2) is 11.5 Å². The van der Waals surface area contributed by atoms with E-state index in [1.165, 1.54) is 0 Å². The van der Waals surface area contributed by atoms with Crippen molar-refractivity contribution in [2.45, 2.75) is 45.2 Å². The molecule has 1 aromatic carbocycles. The number of hydrogen-bond donors (Lipinski definition) is 5. The zero-order chi connectivity index (χ0) is 16.9. The number of fused-ring (bicyclic) bond motifs is 1. The second-order valence-electron chi connectivity index (χ2n) is 6.08. The lowest BCUT2D eigenvalue weighted by atomic mass is 10.1. The minimum absolute atomic E-state index is 0.178. The molecule has 8 heteroatoms. The van der Waals surface area contributed by atoms with Crippen LogP contribution in [-0.2, 0) is 0 Å². The molecule has 132 valence electrons. The van der Waals surface area contributed by atoms with Crippen molar-refractivity contribution in [3.8, 4) is 11.5 Å². The summed E-state index contributed by atoms with van der Waals surface area (Å²) in [5.41, 5.74) is 0.654. The van der Waals surface area contributed by atoms with Crippen LogP contribution in [0.1, 0.15) is 26.7 Å². The molecule has 0 radical (unpaired) electrons. The van der Waals surface area contributed by atoms with Gasteiger partial charge < -0.3 is 25.4 Å². The van der Waals surface area contributed by atoms with Crippen molar-refractivity contribution in [2.75, 3.05) is 18.7 Å². The van der Waals surface area contributed by atoms with Crippen LogP contribution in [0.4, 0.5) is 10.5 Å². The van der Waals surface area contributed by atoms with Crippen molar-refractivity contribution in [1.82, 2.24) is 21.3 Å². The van der Waals surface area contributed by atoms with E-state index in [0.717, 1.165) is 19.4 Å². The second-order valence-corrected chi connectivity index (χ2v) is 6.08. The molecule has 1 saturated heterocycles. The maximum atomic E-state index is 12.2. The number of carbonyl (C=O) groups excluding carboxylic acids is 1. The van der Waals surface area contributed by atoms with Crippen LogP contribution in [0.15, 0.2) is 18.2 Å². The van der Waals surface area contributed by atoms with Crippen LogP contribution in [0.3, 0.4) is 0 Å². The number of nitrogens with one attached hydrogen (secondary N) is 5. The molecule has 0 saturated carbocycles. The summed E-state index contributed by atoms with van der Waals surface area (Å²) in [7, 11) is 0. The first kappa shape index (κ1) is 16.8. The highest BCUT2D eigenvalue weighted by Gasteiger charge is 2.25. The minimum atomic E-state index is -0.294. The first-order chi connectivity index (χ1) is 11.6. The van der Waals surface area contributed by atoms with Gasteiger partial charge in [0.05, 0.1) is 6.17 Å². The van der Waals surface area contributed by atoms with E-state index >= 15 is 0 Å². The van der Waals surface area contributed by atoms with Gasteiger partial charge in [0.1, 0.15) is 6.29 Å². The highest BCUT2D eigenvalue weighted by atomic mass is 16.7. The molecule has 2 heterocycles. The lowest BCUT2D eigenvalue weighted by molar-refractivity contribution is 0.174. The van der Waals surface area contributed by atoms with Gasteiger partial charge in [-0.05, 0) is 38.4 Å². The normalized spacial score (nSPS) is 25.3. The maximum Gasteiger partial charge on any atom is 0.321 e. The molecule has 0 bridgehead atoms. The van der Waals surface area contributed by atoms with E-state index < -0.39 is 0 Å². The van der Waals surface area contributed by atoms with Crippen LogP contribution in [0.5, 0.6) is 11.5 Å². The molecule has 8 nitrogen and oxygen atoms in total. The van der Waals surface area contributed by atoms with Crippen LogP contribution in [0.2, 0.25) is 0 Å². The molecule has 1 fully saturated rings. The molecule has 1 aromatic rings. The second kappa shape index (κ2) is 7.69. The number of urea groups is 1. The van der Waals surface area contributed by atoms with Crippen LogP contribution < -0.4 is 36.1 Å². The largest absolute Gasteiger partial charge is 0.454 e. The highest BCUT2D eigenvalue weighted by molar-refractivity contribution is 5.89. The third-order valence-electron chi connectivity index (χ3n) is 3.95. The van der Waals surface area contributed by atoms with Crippen molar-refractivity contribution in [1.29, 1.82) is 0 Å². The predicted molar refractivity (Wildman–Crippen MR) is 90.9 cm³/mol. The Balaban J connectivity index is 1.52. The molecular formula is C16H25N5O3. The van der Waals surface area contributed by atoms with Crippen LogP contribution in [0.25, 0.3) is 0 Å². The summed E-state index contributed by atoms with van der Waals surface area (Å²) in [6.45, 7) is 5.39. The molecule has 3 rings (SSSR count). The monoisotopic (exact) mass is 335 g/mol. The topological polar surface area (TPSA) is 95.7 Å². The molecule has 3 unspecified atom stereocenters. The Hall–Kier alpha value is -2.03. The zero-order valence-electron chi connectivity index (χ0n) is 14.0. The fourth-order valence-electron chi connectivity index (χ4n) is 2.84. The fraction of sp³-hybridized carbons (Fsp3) is 0.562. The summed E-state index contributed by atoms with van der Waals surface area (Å²) < 4.78 is 10.6. The van der Waals surface area contributed by atoms with Crippen molar-refractivity contribution in [3.05, 3.63) is 18.2 Å². The summed E-state index contributed by atoms with van der Waals surface area (Å²) >= 11 is 0.